The van der Waals surface area contributed by atoms with Crippen LogP contribution in [0.1, 0.15) is 11.1 Å². The SMILES string of the molecule is CNCC(NC)C(=O)Nc1cccc(C#Cc2c(F)c(F)nc(F)c2F)c1. The van der Waals surface area contributed by atoms with Crippen molar-refractivity contribution >= 4 is 11.6 Å². The molecule has 5 nitrogen and oxygen atoms in total. The fraction of sp³-hybridized carbons (Fsp3) is 0.222. The van der Waals surface area contributed by atoms with Crippen molar-refractivity contribution in [2.45, 2.75) is 6.04 Å². The number of hydrogen-bond acceptors (Lipinski definition) is 4. The van der Waals surface area contributed by atoms with E-state index in [1.807, 2.05) is 0 Å². The van der Waals surface area contributed by atoms with Crippen LogP contribution in [0, 0.1) is 35.4 Å². The van der Waals surface area contributed by atoms with E-state index in [1.165, 1.54) is 12.1 Å². The summed E-state index contributed by atoms with van der Waals surface area (Å²) >= 11 is 0. The van der Waals surface area contributed by atoms with Crippen molar-refractivity contribution < 1.29 is 22.4 Å². The lowest BCUT2D eigenvalue weighted by atomic mass is 10.1. The molecule has 142 valence electrons. The highest BCUT2D eigenvalue weighted by molar-refractivity contribution is 5.95. The molecule has 1 unspecified atom stereocenters. The quantitative estimate of drug-likeness (QED) is 0.420. The summed E-state index contributed by atoms with van der Waals surface area (Å²) in [4.78, 5) is 14.6. The highest BCUT2D eigenvalue weighted by atomic mass is 19.2. The molecule has 0 aliphatic heterocycles. The monoisotopic (exact) mass is 380 g/mol. The lowest BCUT2D eigenvalue weighted by Gasteiger charge is -2.15. The summed E-state index contributed by atoms with van der Waals surface area (Å²) in [6.07, 6.45) is 0. The van der Waals surface area contributed by atoms with Crippen molar-refractivity contribution in [2.24, 2.45) is 0 Å². The smallest absolute Gasteiger partial charge is 0.253 e. The van der Waals surface area contributed by atoms with E-state index < -0.39 is 35.1 Å². The zero-order chi connectivity index (χ0) is 20.0. The van der Waals surface area contributed by atoms with E-state index in [1.54, 1.807) is 26.2 Å². The van der Waals surface area contributed by atoms with Crippen molar-refractivity contribution in [3.05, 3.63) is 58.9 Å². The van der Waals surface area contributed by atoms with Crippen LogP contribution in [0.2, 0.25) is 0 Å². The predicted octanol–water partition coefficient (Wildman–Crippen LogP) is 1.78. The van der Waals surface area contributed by atoms with Crippen LogP contribution in [-0.4, -0.2) is 37.6 Å². The molecule has 27 heavy (non-hydrogen) atoms. The molecule has 3 N–H and O–H groups in total. The predicted molar refractivity (Wildman–Crippen MR) is 91.9 cm³/mol. The summed E-state index contributed by atoms with van der Waals surface area (Å²) in [5, 5.41) is 8.39. The minimum atomic E-state index is -1.78. The molecule has 0 aliphatic carbocycles. The van der Waals surface area contributed by atoms with Gasteiger partial charge in [0.25, 0.3) is 11.9 Å². The number of nitrogens with one attached hydrogen (secondary N) is 3. The number of pyridine rings is 1. The molecule has 2 rings (SSSR count). The number of carbonyl (C=O) groups is 1. The molecule has 1 atom stereocenters. The Morgan fingerprint density at radius 3 is 2.37 bits per heavy atom. The zero-order valence-electron chi connectivity index (χ0n) is 14.5. The molecule has 0 radical (unpaired) electrons. The molecular formula is C18H16F4N4O. The second kappa shape index (κ2) is 9.12. The summed E-state index contributed by atoms with van der Waals surface area (Å²) in [5.41, 5.74) is -0.381. The number of rotatable bonds is 5. The maximum Gasteiger partial charge on any atom is 0.253 e. The standard InChI is InChI=1S/C18H16F4N4O/c1-23-9-13(24-2)18(27)25-11-5-3-4-10(8-11)6-7-12-14(19)16(21)26-17(22)15(12)20/h3-5,8,13,23-24H,9H2,1-2H3,(H,25,27). The van der Waals surface area contributed by atoms with E-state index in [4.69, 9.17) is 0 Å². The first-order valence-corrected chi connectivity index (χ1v) is 7.82. The Kier molecular flexibility index (Phi) is 6.87. The van der Waals surface area contributed by atoms with E-state index in [9.17, 15) is 22.4 Å². The van der Waals surface area contributed by atoms with Gasteiger partial charge < -0.3 is 16.0 Å². The Labute approximate surface area is 153 Å². The molecule has 0 fully saturated rings. The molecule has 1 aromatic carbocycles. The third kappa shape index (κ3) is 5.03. The normalized spacial score (nSPS) is 11.5. The number of hydrogen-bond donors (Lipinski definition) is 3. The molecule has 1 heterocycles. The van der Waals surface area contributed by atoms with Crippen molar-refractivity contribution in [1.29, 1.82) is 0 Å². The van der Waals surface area contributed by atoms with Gasteiger partial charge in [-0.2, -0.15) is 13.8 Å². The van der Waals surface area contributed by atoms with Crippen LogP contribution in [0.3, 0.4) is 0 Å². The van der Waals surface area contributed by atoms with Crippen LogP contribution in [0.15, 0.2) is 24.3 Å². The Balaban J connectivity index is 2.26. The van der Waals surface area contributed by atoms with Gasteiger partial charge in [0.2, 0.25) is 5.91 Å². The Morgan fingerprint density at radius 1 is 1.11 bits per heavy atom. The van der Waals surface area contributed by atoms with Crippen LogP contribution in [0.25, 0.3) is 0 Å². The molecule has 9 heteroatoms. The fourth-order valence-electron chi connectivity index (χ4n) is 2.17. The van der Waals surface area contributed by atoms with Crippen molar-refractivity contribution in [3.8, 4) is 11.8 Å². The largest absolute Gasteiger partial charge is 0.325 e. The molecule has 0 saturated heterocycles. The minimum absolute atomic E-state index is 0.277. The second-order valence-electron chi connectivity index (χ2n) is 5.42. The summed E-state index contributed by atoms with van der Waals surface area (Å²) in [7, 11) is 3.34. The van der Waals surface area contributed by atoms with Gasteiger partial charge in [0.1, 0.15) is 5.56 Å². The first kappa shape index (κ1) is 20.4. The van der Waals surface area contributed by atoms with Gasteiger partial charge in [-0.3, -0.25) is 4.79 Å². The van der Waals surface area contributed by atoms with Gasteiger partial charge in [-0.15, -0.1) is 0 Å². The number of carbonyl (C=O) groups excluding carboxylic acids is 1. The minimum Gasteiger partial charge on any atom is -0.325 e. The number of likely N-dealkylation sites (N-methyl/N-ethyl adjacent to an activating group) is 2. The number of amides is 1. The van der Waals surface area contributed by atoms with Crippen LogP contribution in [-0.2, 0) is 4.79 Å². The third-order valence-electron chi connectivity index (χ3n) is 3.53. The van der Waals surface area contributed by atoms with Gasteiger partial charge in [0.05, 0.1) is 6.04 Å². The highest BCUT2D eigenvalue weighted by Gasteiger charge is 2.19. The van der Waals surface area contributed by atoms with E-state index >= 15 is 0 Å². The molecule has 0 bridgehead atoms. The number of anilines is 1. The van der Waals surface area contributed by atoms with Crippen LogP contribution >= 0.6 is 0 Å². The van der Waals surface area contributed by atoms with Crippen molar-refractivity contribution in [2.75, 3.05) is 26.0 Å². The second-order valence-corrected chi connectivity index (χ2v) is 5.42. The van der Waals surface area contributed by atoms with Gasteiger partial charge in [0.15, 0.2) is 11.6 Å². The topological polar surface area (TPSA) is 66.0 Å². The van der Waals surface area contributed by atoms with Gasteiger partial charge in [-0.05, 0) is 32.3 Å². The van der Waals surface area contributed by atoms with Gasteiger partial charge in [-0.25, -0.2) is 8.78 Å². The lowest BCUT2D eigenvalue weighted by molar-refractivity contribution is -0.117. The molecule has 0 aliphatic rings. The van der Waals surface area contributed by atoms with Crippen LogP contribution in [0.4, 0.5) is 23.2 Å². The molecular weight excluding hydrogens is 364 g/mol. The molecule has 1 aromatic heterocycles. The van der Waals surface area contributed by atoms with E-state index in [0.29, 0.717) is 12.2 Å². The Morgan fingerprint density at radius 2 is 1.78 bits per heavy atom. The van der Waals surface area contributed by atoms with Crippen molar-refractivity contribution in [1.82, 2.24) is 15.6 Å². The van der Waals surface area contributed by atoms with Gasteiger partial charge >= 0.3 is 0 Å². The van der Waals surface area contributed by atoms with Crippen LogP contribution < -0.4 is 16.0 Å². The fourth-order valence-corrected chi connectivity index (χ4v) is 2.17. The van der Waals surface area contributed by atoms with Gasteiger partial charge in [0, 0.05) is 17.8 Å². The average Bonchev–Trinajstić information content (AvgIpc) is 2.64. The van der Waals surface area contributed by atoms with Gasteiger partial charge in [-0.1, -0.05) is 17.9 Å². The van der Waals surface area contributed by atoms with Crippen molar-refractivity contribution in [3.63, 3.8) is 0 Å². The molecule has 0 spiro atoms. The summed E-state index contributed by atoms with van der Waals surface area (Å²) in [6, 6.07) is 5.65. The maximum atomic E-state index is 13.6. The molecule has 0 saturated carbocycles. The first-order chi connectivity index (χ1) is 12.9. The average molecular weight is 380 g/mol. The lowest BCUT2D eigenvalue weighted by Crippen LogP contribution is -2.44. The number of aromatic nitrogens is 1. The first-order valence-electron chi connectivity index (χ1n) is 7.82. The zero-order valence-corrected chi connectivity index (χ0v) is 14.5. The maximum absolute atomic E-state index is 13.6. The van der Waals surface area contributed by atoms with E-state index in [-0.39, 0.29) is 11.5 Å². The number of halogens is 4. The summed E-state index contributed by atoms with van der Waals surface area (Å²) in [6.45, 7) is 0.402. The highest BCUT2D eigenvalue weighted by Crippen LogP contribution is 2.16. The molecule has 1 amide bonds. The Bertz CT molecular complexity index is 882. The summed E-state index contributed by atoms with van der Waals surface area (Å²) in [5.74, 6) is -2.73. The Hall–Kier alpha value is -2.96. The number of benzene rings is 1. The number of nitrogens with zero attached hydrogens (tertiary/aromatic N) is 1. The third-order valence-corrected chi connectivity index (χ3v) is 3.53. The van der Waals surface area contributed by atoms with Crippen LogP contribution in [0.5, 0.6) is 0 Å². The molecule has 2 aromatic rings. The van der Waals surface area contributed by atoms with E-state index in [2.05, 4.69) is 32.8 Å². The van der Waals surface area contributed by atoms with E-state index in [0.717, 1.165) is 0 Å². The summed E-state index contributed by atoms with van der Waals surface area (Å²) < 4.78 is 53.4.